The molecule has 2 nitrogen and oxygen atoms in total. The number of halogens is 1. The Labute approximate surface area is 119 Å². The molecular formula is C15H23BrN2. The number of hydrogen-bond acceptors (Lipinski definition) is 2. The fourth-order valence-corrected chi connectivity index (χ4v) is 3.18. The minimum absolute atomic E-state index is 0.471. The fourth-order valence-electron chi connectivity index (χ4n) is 2.76. The summed E-state index contributed by atoms with van der Waals surface area (Å²) < 4.78 is 1.17. The molecule has 0 aliphatic carbocycles. The quantitative estimate of drug-likeness (QED) is 0.914. The largest absolute Gasteiger partial charge is 0.306 e. The van der Waals surface area contributed by atoms with Crippen molar-refractivity contribution in [2.75, 3.05) is 20.1 Å². The molecule has 1 fully saturated rings. The number of benzene rings is 1. The highest BCUT2D eigenvalue weighted by Crippen LogP contribution is 2.22. The molecule has 0 radical (unpaired) electrons. The van der Waals surface area contributed by atoms with E-state index in [9.17, 15) is 0 Å². The monoisotopic (exact) mass is 310 g/mol. The van der Waals surface area contributed by atoms with E-state index in [0.717, 1.165) is 6.42 Å². The molecule has 1 aliphatic heterocycles. The normalized spacial score (nSPS) is 22.9. The number of hydrogen-bond donors (Lipinski definition) is 1. The summed E-state index contributed by atoms with van der Waals surface area (Å²) in [4.78, 5) is 2.43. The van der Waals surface area contributed by atoms with Crippen molar-refractivity contribution in [3.8, 4) is 0 Å². The zero-order valence-electron chi connectivity index (χ0n) is 11.3. The van der Waals surface area contributed by atoms with Crippen molar-refractivity contribution in [2.45, 2.75) is 38.3 Å². The Bertz CT molecular complexity index is 381. The Kier molecular flexibility index (Phi) is 5.22. The first-order valence-corrected chi connectivity index (χ1v) is 7.68. The van der Waals surface area contributed by atoms with Crippen LogP contribution in [0.4, 0.5) is 0 Å². The average Bonchev–Trinajstić information content (AvgIpc) is 2.36. The van der Waals surface area contributed by atoms with Gasteiger partial charge in [0, 0.05) is 23.1 Å². The first kappa shape index (κ1) is 14.0. The maximum atomic E-state index is 3.82. The third kappa shape index (κ3) is 3.81. The van der Waals surface area contributed by atoms with Gasteiger partial charge in [-0.1, -0.05) is 35.0 Å². The van der Waals surface area contributed by atoms with Gasteiger partial charge in [0.15, 0.2) is 0 Å². The van der Waals surface area contributed by atoms with Crippen LogP contribution in [0.2, 0.25) is 0 Å². The molecule has 0 saturated carbocycles. The van der Waals surface area contributed by atoms with E-state index in [1.807, 2.05) is 0 Å². The fraction of sp³-hybridized carbons (Fsp3) is 0.600. The molecule has 0 aromatic heterocycles. The molecule has 2 rings (SSSR count). The summed E-state index contributed by atoms with van der Waals surface area (Å²) in [5.74, 6) is 0. The standard InChI is InChI=1S/C15H23BrN2/c1-3-15(12-6-4-7-13(16)10-12)17-14-8-5-9-18(2)11-14/h4,6-7,10,14-15,17H,3,5,8-9,11H2,1-2H3. The van der Waals surface area contributed by atoms with Crippen LogP contribution in [0.25, 0.3) is 0 Å². The van der Waals surface area contributed by atoms with Crippen molar-refractivity contribution in [3.63, 3.8) is 0 Å². The second kappa shape index (κ2) is 6.69. The zero-order chi connectivity index (χ0) is 13.0. The molecule has 1 aromatic rings. The average molecular weight is 311 g/mol. The lowest BCUT2D eigenvalue weighted by Crippen LogP contribution is -2.45. The predicted molar refractivity (Wildman–Crippen MR) is 80.8 cm³/mol. The van der Waals surface area contributed by atoms with Gasteiger partial charge in [0.05, 0.1) is 0 Å². The van der Waals surface area contributed by atoms with Gasteiger partial charge in [-0.15, -0.1) is 0 Å². The zero-order valence-corrected chi connectivity index (χ0v) is 12.9. The van der Waals surface area contributed by atoms with E-state index in [1.165, 1.54) is 36.0 Å². The molecule has 1 N–H and O–H groups in total. The smallest absolute Gasteiger partial charge is 0.0320 e. The number of nitrogens with one attached hydrogen (secondary N) is 1. The molecule has 1 saturated heterocycles. The Hall–Kier alpha value is -0.380. The highest BCUT2D eigenvalue weighted by atomic mass is 79.9. The molecule has 0 bridgehead atoms. The lowest BCUT2D eigenvalue weighted by molar-refractivity contribution is 0.215. The van der Waals surface area contributed by atoms with Gasteiger partial charge < -0.3 is 10.2 Å². The molecule has 1 heterocycles. The summed E-state index contributed by atoms with van der Waals surface area (Å²) in [7, 11) is 2.22. The lowest BCUT2D eigenvalue weighted by Gasteiger charge is -2.33. The van der Waals surface area contributed by atoms with Crippen LogP contribution in [-0.4, -0.2) is 31.1 Å². The molecule has 18 heavy (non-hydrogen) atoms. The third-order valence-corrected chi connectivity index (χ3v) is 4.21. The molecule has 0 spiro atoms. The SMILES string of the molecule is CCC(NC1CCCN(C)C1)c1cccc(Br)c1. The third-order valence-electron chi connectivity index (χ3n) is 3.72. The highest BCUT2D eigenvalue weighted by Gasteiger charge is 2.20. The summed E-state index contributed by atoms with van der Waals surface area (Å²) in [5, 5.41) is 3.82. The van der Waals surface area contributed by atoms with E-state index < -0.39 is 0 Å². The van der Waals surface area contributed by atoms with Crippen LogP contribution in [0.5, 0.6) is 0 Å². The van der Waals surface area contributed by atoms with Crippen molar-refractivity contribution in [1.29, 1.82) is 0 Å². The first-order chi connectivity index (χ1) is 8.69. The maximum Gasteiger partial charge on any atom is 0.0320 e. The molecule has 100 valence electrons. The van der Waals surface area contributed by atoms with E-state index >= 15 is 0 Å². The molecule has 3 heteroatoms. The topological polar surface area (TPSA) is 15.3 Å². The van der Waals surface area contributed by atoms with Crippen LogP contribution in [-0.2, 0) is 0 Å². The van der Waals surface area contributed by atoms with Gasteiger partial charge in [-0.3, -0.25) is 0 Å². The number of piperidine rings is 1. The van der Waals surface area contributed by atoms with Crippen molar-refractivity contribution in [3.05, 3.63) is 34.3 Å². The molecule has 1 aliphatic rings. The predicted octanol–water partition coefficient (Wildman–Crippen LogP) is 3.58. The van der Waals surface area contributed by atoms with Gasteiger partial charge in [-0.2, -0.15) is 0 Å². The highest BCUT2D eigenvalue weighted by molar-refractivity contribution is 9.10. The van der Waals surface area contributed by atoms with Crippen LogP contribution in [0, 0.1) is 0 Å². The number of likely N-dealkylation sites (N-methyl/N-ethyl adjacent to an activating group) is 1. The van der Waals surface area contributed by atoms with Crippen LogP contribution in [0.15, 0.2) is 28.7 Å². The van der Waals surface area contributed by atoms with E-state index in [1.54, 1.807) is 0 Å². The van der Waals surface area contributed by atoms with Crippen LogP contribution < -0.4 is 5.32 Å². The van der Waals surface area contributed by atoms with Gasteiger partial charge in [0.1, 0.15) is 0 Å². The second-order valence-electron chi connectivity index (χ2n) is 5.28. The second-order valence-corrected chi connectivity index (χ2v) is 6.20. The molecule has 2 unspecified atom stereocenters. The summed E-state index contributed by atoms with van der Waals surface area (Å²) in [6.45, 7) is 4.67. The Morgan fingerprint density at radius 1 is 1.50 bits per heavy atom. The maximum absolute atomic E-state index is 3.82. The Morgan fingerprint density at radius 2 is 2.33 bits per heavy atom. The van der Waals surface area contributed by atoms with Gasteiger partial charge in [-0.25, -0.2) is 0 Å². The lowest BCUT2D eigenvalue weighted by atomic mass is 10.0. The van der Waals surface area contributed by atoms with Crippen LogP contribution >= 0.6 is 15.9 Å². The van der Waals surface area contributed by atoms with Crippen molar-refractivity contribution in [2.24, 2.45) is 0 Å². The summed E-state index contributed by atoms with van der Waals surface area (Å²) in [6, 6.07) is 9.76. The Morgan fingerprint density at radius 3 is 3.00 bits per heavy atom. The van der Waals surface area contributed by atoms with Crippen molar-refractivity contribution >= 4 is 15.9 Å². The van der Waals surface area contributed by atoms with Crippen LogP contribution in [0.3, 0.4) is 0 Å². The first-order valence-electron chi connectivity index (χ1n) is 6.89. The number of nitrogens with zero attached hydrogens (tertiary/aromatic N) is 1. The molecular weight excluding hydrogens is 288 g/mol. The minimum Gasteiger partial charge on any atom is -0.306 e. The molecule has 1 aromatic carbocycles. The summed E-state index contributed by atoms with van der Waals surface area (Å²) in [5.41, 5.74) is 1.39. The van der Waals surface area contributed by atoms with Crippen molar-refractivity contribution < 1.29 is 0 Å². The number of likely N-dealkylation sites (tertiary alicyclic amines) is 1. The molecule has 2 atom stereocenters. The molecule has 0 amide bonds. The van der Waals surface area contributed by atoms with E-state index in [4.69, 9.17) is 0 Å². The van der Waals surface area contributed by atoms with E-state index in [2.05, 4.69) is 64.4 Å². The van der Waals surface area contributed by atoms with Crippen molar-refractivity contribution in [1.82, 2.24) is 10.2 Å². The van der Waals surface area contributed by atoms with Gasteiger partial charge >= 0.3 is 0 Å². The Balaban J connectivity index is 2.00. The van der Waals surface area contributed by atoms with Gasteiger partial charge in [0.2, 0.25) is 0 Å². The summed E-state index contributed by atoms with van der Waals surface area (Å²) in [6.07, 6.45) is 3.74. The minimum atomic E-state index is 0.471. The number of rotatable bonds is 4. The van der Waals surface area contributed by atoms with E-state index in [-0.39, 0.29) is 0 Å². The summed E-state index contributed by atoms with van der Waals surface area (Å²) >= 11 is 3.56. The van der Waals surface area contributed by atoms with Crippen LogP contribution in [0.1, 0.15) is 37.8 Å². The van der Waals surface area contributed by atoms with E-state index in [0.29, 0.717) is 12.1 Å². The van der Waals surface area contributed by atoms with Gasteiger partial charge in [-0.05, 0) is 50.6 Å². The van der Waals surface area contributed by atoms with Gasteiger partial charge in [0.25, 0.3) is 0 Å².